The van der Waals surface area contributed by atoms with Crippen molar-refractivity contribution >= 4 is 11.6 Å². The third kappa shape index (κ3) is 3.52. The van der Waals surface area contributed by atoms with Gasteiger partial charge in [-0.3, -0.25) is 0 Å². The predicted octanol–water partition coefficient (Wildman–Crippen LogP) is 4.47. The van der Waals surface area contributed by atoms with Gasteiger partial charge in [0, 0.05) is 23.2 Å². The lowest BCUT2D eigenvalue weighted by Crippen LogP contribution is -2.19. The minimum atomic E-state index is -0.365. The Morgan fingerprint density at radius 1 is 1.16 bits per heavy atom. The van der Waals surface area contributed by atoms with Gasteiger partial charge in [0.05, 0.1) is 0 Å². The van der Waals surface area contributed by atoms with Crippen LogP contribution in [0.15, 0.2) is 42.5 Å². The Balaban J connectivity index is 2.04. The maximum atomic E-state index is 13.6. The smallest absolute Gasteiger partial charge is 0.127 e. The maximum absolute atomic E-state index is 13.6. The van der Waals surface area contributed by atoms with Crippen LogP contribution in [0.2, 0.25) is 5.02 Å². The van der Waals surface area contributed by atoms with Crippen LogP contribution in [0.4, 0.5) is 8.78 Å². The highest BCUT2D eigenvalue weighted by atomic mass is 35.5. The van der Waals surface area contributed by atoms with Crippen molar-refractivity contribution in [3.05, 3.63) is 70.2 Å². The molecule has 0 heterocycles. The van der Waals surface area contributed by atoms with Crippen LogP contribution in [0.1, 0.15) is 24.1 Å². The van der Waals surface area contributed by atoms with Crippen LogP contribution < -0.4 is 5.32 Å². The highest BCUT2D eigenvalue weighted by Crippen LogP contribution is 2.20. The van der Waals surface area contributed by atoms with E-state index in [1.165, 1.54) is 18.2 Å². The molecule has 0 aliphatic heterocycles. The molecule has 0 aromatic heterocycles. The largest absolute Gasteiger partial charge is 0.306 e. The lowest BCUT2D eigenvalue weighted by Gasteiger charge is -2.15. The van der Waals surface area contributed by atoms with Gasteiger partial charge in [-0.05, 0) is 30.7 Å². The second kappa shape index (κ2) is 6.13. The maximum Gasteiger partial charge on any atom is 0.127 e. The molecule has 1 unspecified atom stereocenters. The van der Waals surface area contributed by atoms with Gasteiger partial charge in [0.15, 0.2) is 0 Å². The monoisotopic (exact) mass is 281 g/mol. The van der Waals surface area contributed by atoms with Crippen molar-refractivity contribution in [3.8, 4) is 0 Å². The van der Waals surface area contributed by atoms with Crippen molar-refractivity contribution in [2.24, 2.45) is 0 Å². The summed E-state index contributed by atoms with van der Waals surface area (Å²) in [4.78, 5) is 0. The zero-order chi connectivity index (χ0) is 13.8. The third-order valence-corrected chi connectivity index (χ3v) is 3.34. The lowest BCUT2D eigenvalue weighted by atomic mass is 10.1. The van der Waals surface area contributed by atoms with Crippen molar-refractivity contribution in [2.45, 2.75) is 19.5 Å². The molecule has 0 amide bonds. The molecule has 0 radical (unpaired) electrons. The second-order valence-corrected chi connectivity index (χ2v) is 4.77. The van der Waals surface area contributed by atoms with Crippen LogP contribution in [0.3, 0.4) is 0 Å². The van der Waals surface area contributed by atoms with E-state index in [9.17, 15) is 8.78 Å². The Bertz CT molecular complexity index is 572. The molecule has 0 aliphatic rings. The molecule has 0 aliphatic carbocycles. The Kier molecular flexibility index (Phi) is 4.51. The number of hydrogen-bond donors (Lipinski definition) is 1. The minimum Gasteiger partial charge on any atom is -0.306 e. The molecule has 0 saturated heterocycles. The van der Waals surface area contributed by atoms with E-state index >= 15 is 0 Å². The Labute approximate surface area is 116 Å². The van der Waals surface area contributed by atoms with E-state index in [1.807, 2.05) is 6.92 Å². The van der Waals surface area contributed by atoms with E-state index in [0.717, 1.165) is 5.56 Å². The molecule has 0 bridgehead atoms. The molecule has 100 valence electrons. The Morgan fingerprint density at radius 2 is 1.89 bits per heavy atom. The summed E-state index contributed by atoms with van der Waals surface area (Å²) in [5, 5.41) is 3.54. The van der Waals surface area contributed by atoms with Crippen molar-refractivity contribution in [1.29, 1.82) is 0 Å². The molecule has 1 N–H and O–H groups in total. The lowest BCUT2D eigenvalue weighted by molar-refractivity contribution is 0.528. The van der Waals surface area contributed by atoms with E-state index < -0.39 is 0 Å². The highest BCUT2D eigenvalue weighted by molar-refractivity contribution is 6.31. The fraction of sp³-hybridized carbons (Fsp3) is 0.200. The van der Waals surface area contributed by atoms with Crippen molar-refractivity contribution < 1.29 is 8.78 Å². The summed E-state index contributed by atoms with van der Waals surface area (Å²) < 4.78 is 26.5. The molecule has 19 heavy (non-hydrogen) atoms. The van der Waals surface area contributed by atoms with Crippen molar-refractivity contribution in [2.75, 3.05) is 0 Å². The van der Waals surface area contributed by atoms with Gasteiger partial charge in [-0.2, -0.15) is 0 Å². The van der Waals surface area contributed by atoms with Crippen molar-refractivity contribution in [1.82, 2.24) is 5.32 Å². The number of halogens is 3. The standard InChI is InChI=1S/C15H14ClF2N/c1-10(13-4-2-3-5-15(13)18)19-9-11-6-7-12(17)8-14(11)16/h2-8,10,19H,9H2,1H3. The fourth-order valence-electron chi connectivity index (χ4n) is 1.86. The summed E-state index contributed by atoms with van der Waals surface area (Å²) in [6.07, 6.45) is 0. The average Bonchev–Trinajstić information content (AvgIpc) is 2.38. The predicted molar refractivity (Wildman–Crippen MR) is 73.1 cm³/mol. The van der Waals surface area contributed by atoms with Gasteiger partial charge >= 0.3 is 0 Å². The normalized spacial score (nSPS) is 12.4. The van der Waals surface area contributed by atoms with E-state index in [0.29, 0.717) is 17.1 Å². The Morgan fingerprint density at radius 3 is 2.58 bits per heavy atom. The van der Waals surface area contributed by atoms with Crippen LogP contribution in [-0.4, -0.2) is 0 Å². The molecule has 4 heteroatoms. The summed E-state index contributed by atoms with van der Waals surface area (Å²) in [5.74, 6) is -0.608. The van der Waals surface area contributed by atoms with Gasteiger partial charge in [-0.1, -0.05) is 35.9 Å². The van der Waals surface area contributed by atoms with Gasteiger partial charge in [-0.15, -0.1) is 0 Å². The molecular formula is C15H14ClF2N. The zero-order valence-corrected chi connectivity index (χ0v) is 11.2. The first-order chi connectivity index (χ1) is 9.08. The number of hydrogen-bond acceptors (Lipinski definition) is 1. The summed E-state index contributed by atoms with van der Waals surface area (Å²) in [6.45, 7) is 2.32. The number of nitrogens with one attached hydrogen (secondary N) is 1. The summed E-state index contributed by atoms with van der Waals surface area (Å²) in [5.41, 5.74) is 1.38. The quantitative estimate of drug-likeness (QED) is 0.872. The molecule has 2 aromatic carbocycles. The topological polar surface area (TPSA) is 12.0 Å². The molecule has 0 fully saturated rings. The van der Waals surface area contributed by atoms with E-state index in [1.54, 1.807) is 24.3 Å². The molecule has 0 spiro atoms. The van der Waals surface area contributed by atoms with Crippen LogP contribution in [-0.2, 0) is 6.54 Å². The number of rotatable bonds is 4. The van der Waals surface area contributed by atoms with Gasteiger partial charge < -0.3 is 5.32 Å². The highest BCUT2D eigenvalue weighted by Gasteiger charge is 2.10. The van der Waals surface area contributed by atoms with Crippen LogP contribution in [0.25, 0.3) is 0 Å². The molecule has 2 rings (SSSR count). The van der Waals surface area contributed by atoms with E-state index in [2.05, 4.69) is 5.32 Å². The molecule has 0 saturated carbocycles. The van der Waals surface area contributed by atoms with Gasteiger partial charge in [0.1, 0.15) is 11.6 Å². The van der Waals surface area contributed by atoms with Crippen molar-refractivity contribution in [3.63, 3.8) is 0 Å². The second-order valence-electron chi connectivity index (χ2n) is 4.36. The third-order valence-electron chi connectivity index (χ3n) is 2.99. The molecule has 1 atom stereocenters. The fourth-order valence-corrected chi connectivity index (χ4v) is 2.10. The average molecular weight is 282 g/mol. The number of benzene rings is 2. The Hall–Kier alpha value is -1.45. The first-order valence-electron chi connectivity index (χ1n) is 5.99. The summed E-state index contributed by atoms with van der Waals surface area (Å²) in [7, 11) is 0. The van der Waals surface area contributed by atoms with Gasteiger partial charge in [0.25, 0.3) is 0 Å². The molecule has 2 aromatic rings. The summed E-state index contributed by atoms with van der Waals surface area (Å²) >= 11 is 5.94. The SMILES string of the molecule is CC(NCc1ccc(F)cc1Cl)c1ccccc1F. The molecule has 1 nitrogen and oxygen atoms in total. The zero-order valence-electron chi connectivity index (χ0n) is 10.5. The molecular weight excluding hydrogens is 268 g/mol. The minimum absolute atomic E-state index is 0.151. The van der Waals surface area contributed by atoms with Crippen LogP contribution in [0.5, 0.6) is 0 Å². The van der Waals surface area contributed by atoms with E-state index in [4.69, 9.17) is 11.6 Å². The first kappa shape index (κ1) is 14.0. The van der Waals surface area contributed by atoms with Crippen LogP contribution >= 0.6 is 11.6 Å². The van der Waals surface area contributed by atoms with Crippen LogP contribution in [0, 0.1) is 11.6 Å². The first-order valence-corrected chi connectivity index (χ1v) is 6.37. The van der Waals surface area contributed by atoms with E-state index in [-0.39, 0.29) is 17.7 Å². The van der Waals surface area contributed by atoms with Gasteiger partial charge in [0.2, 0.25) is 0 Å². The summed E-state index contributed by atoms with van der Waals surface area (Å²) in [6, 6.07) is 10.7. The van der Waals surface area contributed by atoms with Gasteiger partial charge in [-0.25, -0.2) is 8.78 Å².